The Labute approximate surface area is 207 Å². The molecule has 2 aliphatic rings. The van der Waals surface area contributed by atoms with Crippen molar-refractivity contribution >= 4 is 28.4 Å². The maximum Gasteiger partial charge on any atom is 0.293 e. The largest absolute Gasteiger partial charge is 0.368 e. The maximum atomic E-state index is 13.5. The number of hydrogen-bond acceptors (Lipinski definition) is 5. The van der Waals surface area contributed by atoms with E-state index in [4.69, 9.17) is 4.98 Å². The molecule has 7 heteroatoms. The standard InChI is InChI=1S/C28H35N5O2/c1-4-33-25-12-6-5-11-23(25)29-26(28(33)35)32-14-8-10-22(19-32)27(34)31-17-15-30(16-18-31)24-13-7-9-20(2)21(24)3/h5-7,9,11-13,22H,4,8,10,14-19H2,1-3H3. The lowest BCUT2D eigenvalue weighted by Crippen LogP contribution is -2.53. The number of para-hydroxylation sites is 2. The number of piperazine rings is 1. The van der Waals surface area contributed by atoms with Crippen molar-refractivity contribution in [3.8, 4) is 0 Å². The van der Waals surface area contributed by atoms with E-state index in [0.717, 1.165) is 56.6 Å². The first-order valence-corrected chi connectivity index (χ1v) is 12.8. The van der Waals surface area contributed by atoms with Crippen LogP contribution >= 0.6 is 0 Å². The van der Waals surface area contributed by atoms with E-state index in [1.54, 1.807) is 4.57 Å². The van der Waals surface area contributed by atoms with Gasteiger partial charge in [0, 0.05) is 51.5 Å². The van der Waals surface area contributed by atoms with Crippen molar-refractivity contribution < 1.29 is 4.79 Å². The van der Waals surface area contributed by atoms with Gasteiger partial charge in [-0.25, -0.2) is 4.98 Å². The molecule has 1 aromatic heterocycles. The van der Waals surface area contributed by atoms with E-state index in [-0.39, 0.29) is 17.4 Å². The van der Waals surface area contributed by atoms with Crippen molar-refractivity contribution in [2.45, 2.75) is 40.2 Å². The number of fused-ring (bicyclic) bond motifs is 1. The number of carbonyl (C=O) groups is 1. The number of nitrogens with zero attached hydrogens (tertiary/aromatic N) is 5. The molecule has 0 radical (unpaired) electrons. The Hall–Kier alpha value is -3.35. The molecule has 0 N–H and O–H groups in total. The molecule has 3 aromatic rings. The topological polar surface area (TPSA) is 61.7 Å². The van der Waals surface area contributed by atoms with Gasteiger partial charge in [-0.3, -0.25) is 9.59 Å². The summed E-state index contributed by atoms with van der Waals surface area (Å²) < 4.78 is 1.79. The molecule has 7 nitrogen and oxygen atoms in total. The van der Waals surface area contributed by atoms with Gasteiger partial charge in [-0.2, -0.15) is 0 Å². The highest BCUT2D eigenvalue weighted by molar-refractivity contribution is 5.80. The van der Waals surface area contributed by atoms with E-state index in [0.29, 0.717) is 18.9 Å². The fourth-order valence-corrected chi connectivity index (χ4v) is 5.57. The second-order valence-corrected chi connectivity index (χ2v) is 9.79. The number of piperidine rings is 1. The Morgan fingerprint density at radius 3 is 2.51 bits per heavy atom. The van der Waals surface area contributed by atoms with Gasteiger partial charge in [0.15, 0.2) is 5.82 Å². The third kappa shape index (κ3) is 4.40. The molecule has 0 aliphatic carbocycles. The molecule has 0 bridgehead atoms. The van der Waals surface area contributed by atoms with E-state index < -0.39 is 0 Å². The van der Waals surface area contributed by atoms with E-state index in [9.17, 15) is 9.59 Å². The normalized spacial score (nSPS) is 18.8. The van der Waals surface area contributed by atoms with Gasteiger partial charge in [-0.15, -0.1) is 0 Å². The lowest BCUT2D eigenvalue weighted by atomic mass is 9.96. The van der Waals surface area contributed by atoms with Crippen molar-refractivity contribution in [1.29, 1.82) is 0 Å². The Kier molecular flexibility index (Phi) is 6.50. The molecular weight excluding hydrogens is 438 g/mol. The van der Waals surface area contributed by atoms with Crippen LogP contribution in [0.5, 0.6) is 0 Å². The van der Waals surface area contributed by atoms with Crippen LogP contribution in [0.3, 0.4) is 0 Å². The van der Waals surface area contributed by atoms with Crippen LogP contribution < -0.4 is 15.4 Å². The molecule has 5 rings (SSSR count). The number of amides is 1. The zero-order valence-corrected chi connectivity index (χ0v) is 21.0. The molecule has 2 aliphatic heterocycles. The highest BCUT2D eigenvalue weighted by Gasteiger charge is 2.33. The van der Waals surface area contributed by atoms with Crippen LogP contribution in [0.25, 0.3) is 11.0 Å². The molecule has 1 unspecified atom stereocenters. The number of aryl methyl sites for hydroxylation is 2. The van der Waals surface area contributed by atoms with Crippen LogP contribution in [0, 0.1) is 19.8 Å². The van der Waals surface area contributed by atoms with Crippen LogP contribution in [-0.4, -0.2) is 59.6 Å². The second-order valence-electron chi connectivity index (χ2n) is 9.79. The summed E-state index contributed by atoms with van der Waals surface area (Å²) >= 11 is 0. The van der Waals surface area contributed by atoms with Crippen molar-refractivity contribution in [1.82, 2.24) is 14.5 Å². The van der Waals surface area contributed by atoms with Crippen LogP contribution in [0.4, 0.5) is 11.5 Å². The fourth-order valence-electron chi connectivity index (χ4n) is 5.57. The smallest absolute Gasteiger partial charge is 0.293 e. The van der Waals surface area contributed by atoms with E-state index in [1.165, 1.54) is 16.8 Å². The summed E-state index contributed by atoms with van der Waals surface area (Å²) in [4.78, 5) is 38.0. The van der Waals surface area contributed by atoms with E-state index in [2.05, 4.69) is 36.9 Å². The number of benzene rings is 2. The van der Waals surface area contributed by atoms with Gasteiger partial charge >= 0.3 is 0 Å². The molecule has 0 saturated carbocycles. The molecule has 2 fully saturated rings. The summed E-state index contributed by atoms with van der Waals surface area (Å²) in [7, 11) is 0. The Morgan fingerprint density at radius 1 is 0.971 bits per heavy atom. The highest BCUT2D eigenvalue weighted by Crippen LogP contribution is 2.26. The zero-order valence-electron chi connectivity index (χ0n) is 21.0. The van der Waals surface area contributed by atoms with Crippen molar-refractivity contribution in [3.05, 3.63) is 63.9 Å². The van der Waals surface area contributed by atoms with Crippen molar-refractivity contribution in [3.63, 3.8) is 0 Å². The number of hydrogen-bond donors (Lipinski definition) is 0. The Bertz CT molecular complexity index is 1290. The van der Waals surface area contributed by atoms with Crippen LogP contribution in [0.15, 0.2) is 47.3 Å². The monoisotopic (exact) mass is 473 g/mol. The minimum absolute atomic E-state index is 0.0681. The minimum atomic E-state index is -0.0984. The van der Waals surface area contributed by atoms with Crippen LogP contribution in [-0.2, 0) is 11.3 Å². The third-order valence-corrected chi connectivity index (χ3v) is 7.73. The first-order chi connectivity index (χ1) is 17.0. The quantitative estimate of drug-likeness (QED) is 0.580. The van der Waals surface area contributed by atoms with Crippen LogP contribution in [0.1, 0.15) is 30.9 Å². The van der Waals surface area contributed by atoms with Crippen molar-refractivity contribution in [2.24, 2.45) is 5.92 Å². The number of carbonyl (C=O) groups excluding carboxylic acids is 1. The highest BCUT2D eigenvalue weighted by atomic mass is 16.2. The molecule has 3 heterocycles. The summed E-state index contributed by atoms with van der Waals surface area (Å²) in [6.07, 6.45) is 1.75. The molecular formula is C28H35N5O2. The lowest BCUT2D eigenvalue weighted by Gasteiger charge is -2.40. The van der Waals surface area contributed by atoms with Crippen molar-refractivity contribution in [2.75, 3.05) is 49.1 Å². The Balaban J connectivity index is 1.29. The number of rotatable bonds is 4. The van der Waals surface area contributed by atoms with Gasteiger partial charge in [0.1, 0.15) is 0 Å². The lowest BCUT2D eigenvalue weighted by molar-refractivity contribution is -0.136. The zero-order chi connectivity index (χ0) is 24.5. The molecule has 0 spiro atoms. The predicted molar refractivity (Wildman–Crippen MR) is 141 cm³/mol. The number of anilines is 2. The van der Waals surface area contributed by atoms with E-state index in [1.807, 2.05) is 41.0 Å². The molecule has 35 heavy (non-hydrogen) atoms. The number of aromatic nitrogens is 2. The maximum absolute atomic E-state index is 13.5. The van der Waals surface area contributed by atoms with E-state index >= 15 is 0 Å². The Morgan fingerprint density at radius 2 is 1.74 bits per heavy atom. The first-order valence-electron chi connectivity index (χ1n) is 12.8. The summed E-state index contributed by atoms with van der Waals surface area (Å²) in [6, 6.07) is 14.2. The summed E-state index contributed by atoms with van der Waals surface area (Å²) in [6.45, 7) is 11.4. The van der Waals surface area contributed by atoms with Gasteiger partial charge in [-0.05, 0) is 62.9 Å². The molecule has 1 atom stereocenters. The summed E-state index contributed by atoms with van der Waals surface area (Å²) in [5, 5.41) is 0. The molecule has 184 valence electrons. The SMILES string of the molecule is CCn1c(=O)c(N2CCCC(C(=O)N3CCN(c4cccc(C)c4C)CC3)C2)nc2ccccc21. The first kappa shape index (κ1) is 23.4. The molecule has 2 aromatic carbocycles. The van der Waals surface area contributed by atoms with Gasteiger partial charge in [0.25, 0.3) is 5.56 Å². The average Bonchev–Trinajstić information content (AvgIpc) is 2.90. The van der Waals surface area contributed by atoms with Gasteiger partial charge in [-0.1, -0.05) is 24.3 Å². The average molecular weight is 474 g/mol. The van der Waals surface area contributed by atoms with Crippen LogP contribution in [0.2, 0.25) is 0 Å². The minimum Gasteiger partial charge on any atom is -0.368 e. The summed E-state index contributed by atoms with van der Waals surface area (Å²) in [5.41, 5.74) is 5.50. The van der Waals surface area contributed by atoms with Gasteiger partial charge < -0.3 is 19.3 Å². The summed E-state index contributed by atoms with van der Waals surface area (Å²) in [5.74, 6) is 0.591. The van der Waals surface area contributed by atoms with Gasteiger partial charge in [0.05, 0.1) is 17.0 Å². The third-order valence-electron chi connectivity index (χ3n) is 7.73. The molecule has 2 saturated heterocycles. The predicted octanol–water partition coefficient (Wildman–Crippen LogP) is 3.60. The molecule has 1 amide bonds. The van der Waals surface area contributed by atoms with Gasteiger partial charge in [0.2, 0.25) is 5.91 Å². The fraction of sp³-hybridized carbons (Fsp3) is 0.464. The second kappa shape index (κ2) is 9.72.